The monoisotopic (exact) mass is 493 g/mol. The van der Waals surface area contributed by atoms with Crippen molar-refractivity contribution >= 4 is 29.8 Å². The van der Waals surface area contributed by atoms with Crippen molar-refractivity contribution in [2.75, 3.05) is 30.9 Å². The summed E-state index contributed by atoms with van der Waals surface area (Å²) in [6.45, 7) is 1.06. The Bertz CT molecular complexity index is 1170. The predicted octanol–water partition coefficient (Wildman–Crippen LogP) is 5.37. The summed E-state index contributed by atoms with van der Waals surface area (Å²) < 4.78 is 44.7. The first kappa shape index (κ1) is 25.3. The minimum atomic E-state index is -4.48. The first-order valence-corrected chi connectivity index (χ1v) is 10.2. The van der Waals surface area contributed by atoms with Gasteiger partial charge in [0.25, 0.3) is 0 Å². The highest BCUT2D eigenvalue weighted by atomic mass is 35.5. The van der Waals surface area contributed by atoms with Crippen molar-refractivity contribution in [1.82, 2.24) is 14.9 Å². The van der Waals surface area contributed by atoms with Gasteiger partial charge in [0, 0.05) is 30.5 Å². The molecule has 11 heteroatoms. The van der Waals surface area contributed by atoms with Crippen LogP contribution in [0.4, 0.5) is 29.3 Å². The summed E-state index contributed by atoms with van der Waals surface area (Å²) in [4.78, 5) is 24.6. The fourth-order valence-corrected chi connectivity index (χ4v) is 3.58. The summed E-state index contributed by atoms with van der Waals surface area (Å²) in [6.07, 6.45) is -2.44. The molecule has 4 rings (SSSR count). The molecule has 0 radical (unpaired) electrons. The average Bonchev–Trinajstić information content (AvgIpc) is 3.16. The molecular weight excluding hydrogens is 471 g/mol. The van der Waals surface area contributed by atoms with Gasteiger partial charge in [0.05, 0.1) is 11.3 Å². The van der Waals surface area contributed by atoms with Gasteiger partial charge in [-0.2, -0.15) is 13.2 Å². The smallest absolute Gasteiger partial charge is 0.416 e. The van der Waals surface area contributed by atoms with Crippen molar-refractivity contribution in [1.29, 1.82) is 0 Å². The largest absolute Gasteiger partial charge is 0.439 e. The third-order valence-corrected chi connectivity index (χ3v) is 5.03. The number of carbonyl (C=O) groups is 1. The number of nitrogens with zero attached hydrogens (tertiary/aromatic N) is 4. The molecule has 1 aromatic heterocycles. The number of rotatable bonds is 5. The van der Waals surface area contributed by atoms with E-state index in [0.717, 1.165) is 23.4 Å². The quantitative estimate of drug-likeness (QED) is 0.517. The number of alkyl halides is 3. The number of halogens is 4. The number of aromatic nitrogens is 2. The van der Waals surface area contributed by atoms with Gasteiger partial charge in [-0.3, -0.25) is 4.90 Å². The Hall–Kier alpha value is -3.37. The Kier molecular flexibility index (Phi) is 7.63. The number of ether oxygens (including phenoxy) is 1. The SMILES string of the molecule is CN(C)Cc1cc(Oc2ccc3c(c2)CCN3C(=O)Nc2cccc(C(F)(F)F)c2)ncn1.Cl. The molecule has 0 aliphatic carbocycles. The Morgan fingerprint density at radius 2 is 1.94 bits per heavy atom. The van der Waals surface area contributed by atoms with Crippen LogP contribution in [0.2, 0.25) is 0 Å². The molecule has 180 valence electrons. The van der Waals surface area contributed by atoms with Crippen LogP contribution in [0.15, 0.2) is 54.9 Å². The summed E-state index contributed by atoms with van der Waals surface area (Å²) in [5.41, 5.74) is 1.67. The second kappa shape index (κ2) is 10.3. The second-order valence-corrected chi connectivity index (χ2v) is 7.89. The van der Waals surface area contributed by atoms with E-state index in [1.54, 1.807) is 18.2 Å². The van der Waals surface area contributed by atoms with Gasteiger partial charge in [0.2, 0.25) is 5.88 Å². The molecule has 0 saturated heterocycles. The van der Waals surface area contributed by atoms with Crippen molar-refractivity contribution in [3.63, 3.8) is 0 Å². The average molecular weight is 494 g/mol. The Balaban J connectivity index is 0.00000324. The molecule has 0 bridgehead atoms. The Labute approximate surface area is 201 Å². The number of urea groups is 1. The molecule has 2 heterocycles. The molecule has 1 aliphatic heterocycles. The van der Waals surface area contributed by atoms with Crippen molar-refractivity contribution in [2.24, 2.45) is 0 Å². The van der Waals surface area contributed by atoms with E-state index in [9.17, 15) is 18.0 Å². The van der Waals surface area contributed by atoms with Crippen LogP contribution in [0, 0.1) is 0 Å². The zero-order valence-electron chi connectivity index (χ0n) is 18.5. The summed E-state index contributed by atoms with van der Waals surface area (Å²) in [5, 5.41) is 2.55. The highest BCUT2D eigenvalue weighted by Crippen LogP contribution is 2.34. The topological polar surface area (TPSA) is 70.6 Å². The van der Waals surface area contributed by atoms with E-state index >= 15 is 0 Å². The molecule has 1 aliphatic rings. The first-order chi connectivity index (χ1) is 15.7. The molecule has 1 N–H and O–H groups in total. The van der Waals surface area contributed by atoms with Crippen LogP contribution in [0.3, 0.4) is 0 Å². The molecule has 3 aromatic rings. The number of amides is 2. The molecule has 2 aromatic carbocycles. The molecule has 0 saturated carbocycles. The standard InChI is InChI=1S/C23H22F3N5O2.ClH/c1-30(2)13-18-12-21(28-14-27-18)33-19-6-7-20-15(10-19)8-9-31(20)22(32)29-17-5-3-4-16(11-17)23(24,25)26;/h3-7,10-12,14H,8-9,13H2,1-2H3,(H,29,32);1H. The van der Waals surface area contributed by atoms with Gasteiger partial charge in [0.15, 0.2) is 0 Å². The van der Waals surface area contributed by atoms with E-state index in [0.29, 0.717) is 36.8 Å². The van der Waals surface area contributed by atoms with Crippen molar-refractivity contribution < 1.29 is 22.7 Å². The van der Waals surface area contributed by atoms with Crippen LogP contribution in [-0.2, 0) is 19.1 Å². The number of fused-ring (bicyclic) bond motifs is 1. The second-order valence-electron chi connectivity index (χ2n) is 7.89. The number of hydrogen-bond acceptors (Lipinski definition) is 5. The molecule has 7 nitrogen and oxygen atoms in total. The molecule has 34 heavy (non-hydrogen) atoms. The van der Waals surface area contributed by atoms with Crippen LogP contribution >= 0.6 is 12.4 Å². The summed E-state index contributed by atoms with van der Waals surface area (Å²) in [5.74, 6) is 0.988. The zero-order chi connectivity index (χ0) is 23.6. The van der Waals surface area contributed by atoms with Crippen LogP contribution in [-0.4, -0.2) is 41.5 Å². The number of hydrogen-bond donors (Lipinski definition) is 1. The van der Waals surface area contributed by atoms with Crippen LogP contribution in [0.5, 0.6) is 11.6 Å². The Morgan fingerprint density at radius 1 is 1.15 bits per heavy atom. The normalized spacial score (nSPS) is 12.8. The maximum atomic E-state index is 12.9. The lowest BCUT2D eigenvalue weighted by Crippen LogP contribution is -2.33. The van der Waals surface area contributed by atoms with E-state index in [-0.39, 0.29) is 18.1 Å². The van der Waals surface area contributed by atoms with Gasteiger partial charge in [-0.25, -0.2) is 14.8 Å². The van der Waals surface area contributed by atoms with Crippen LogP contribution in [0.1, 0.15) is 16.8 Å². The number of nitrogens with one attached hydrogen (secondary N) is 1. The summed E-state index contributed by atoms with van der Waals surface area (Å²) in [7, 11) is 3.89. The van der Waals surface area contributed by atoms with E-state index in [4.69, 9.17) is 4.74 Å². The van der Waals surface area contributed by atoms with Gasteiger partial charge >= 0.3 is 12.2 Å². The zero-order valence-corrected chi connectivity index (χ0v) is 19.3. The van der Waals surface area contributed by atoms with Crippen LogP contribution in [0.25, 0.3) is 0 Å². The van der Waals surface area contributed by atoms with Crippen molar-refractivity contribution in [3.05, 3.63) is 71.7 Å². The fraction of sp³-hybridized carbons (Fsp3) is 0.261. The first-order valence-electron chi connectivity index (χ1n) is 10.2. The molecule has 0 fully saturated rings. The third-order valence-electron chi connectivity index (χ3n) is 5.03. The maximum Gasteiger partial charge on any atom is 0.416 e. The fourth-order valence-electron chi connectivity index (χ4n) is 3.58. The van der Waals surface area contributed by atoms with Crippen molar-refractivity contribution in [2.45, 2.75) is 19.1 Å². The Morgan fingerprint density at radius 3 is 2.68 bits per heavy atom. The minimum Gasteiger partial charge on any atom is -0.439 e. The molecular formula is C23H23ClF3N5O2. The molecule has 2 amide bonds. The van der Waals surface area contributed by atoms with Gasteiger partial charge in [-0.1, -0.05) is 6.07 Å². The van der Waals surface area contributed by atoms with Crippen LogP contribution < -0.4 is 15.0 Å². The molecule has 0 unspecified atom stereocenters. The summed E-state index contributed by atoms with van der Waals surface area (Å²) >= 11 is 0. The predicted molar refractivity (Wildman–Crippen MR) is 125 cm³/mol. The van der Waals surface area contributed by atoms with Gasteiger partial charge < -0.3 is 15.0 Å². The summed E-state index contributed by atoms with van der Waals surface area (Å²) in [6, 6.07) is 11.1. The lowest BCUT2D eigenvalue weighted by molar-refractivity contribution is -0.137. The highest BCUT2D eigenvalue weighted by molar-refractivity contribution is 6.03. The van der Waals surface area contributed by atoms with Gasteiger partial charge in [0.1, 0.15) is 12.1 Å². The van der Waals surface area contributed by atoms with E-state index in [2.05, 4.69) is 15.3 Å². The van der Waals surface area contributed by atoms with Gasteiger partial charge in [-0.05, 0) is 62.5 Å². The maximum absolute atomic E-state index is 12.9. The molecule has 0 atom stereocenters. The lowest BCUT2D eigenvalue weighted by atomic mass is 10.1. The highest BCUT2D eigenvalue weighted by Gasteiger charge is 2.31. The number of anilines is 2. The number of carbonyl (C=O) groups excluding carboxylic acids is 1. The lowest BCUT2D eigenvalue weighted by Gasteiger charge is -2.19. The number of benzene rings is 2. The third kappa shape index (κ3) is 5.95. The molecule has 0 spiro atoms. The van der Waals surface area contributed by atoms with E-state index in [1.165, 1.54) is 23.4 Å². The van der Waals surface area contributed by atoms with Crippen molar-refractivity contribution in [3.8, 4) is 11.6 Å². The van der Waals surface area contributed by atoms with E-state index < -0.39 is 17.8 Å². The van der Waals surface area contributed by atoms with Gasteiger partial charge in [-0.15, -0.1) is 12.4 Å². The van der Waals surface area contributed by atoms with E-state index in [1.807, 2.05) is 25.1 Å². The minimum absolute atomic E-state index is 0.